The predicted octanol–water partition coefficient (Wildman–Crippen LogP) is 6.47. The van der Waals surface area contributed by atoms with Gasteiger partial charge in [-0.05, 0) is 55.3 Å². The lowest BCUT2D eigenvalue weighted by Crippen LogP contribution is -1.90. The van der Waals surface area contributed by atoms with Crippen LogP contribution in [0.2, 0.25) is 0 Å². The highest BCUT2D eigenvalue weighted by molar-refractivity contribution is 6.08. The van der Waals surface area contributed by atoms with Crippen molar-refractivity contribution in [2.45, 2.75) is 13.8 Å². The molecular weight excluding hydrogens is 351 g/mol. The van der Waals surface area contributed by atoms with E-state index in [2.05, 4.69) is 31.0 Å². The molecule has 0 aliphatic carbocycles. The molecule has 0 aliphatic rings. The summed E-state index contributed by atoms with van der Waals surface area (Å²) < 4.78 is 19.8. The molecule has 28 heavy (non-hydrogen) atoms. The molecule has 5 rings (SSSR count). The third kappa shape index (κ3) is 2.57. The summed E-state index contributed by atoms with van der Waals surface area (Å²) >= 11 is 0. The number of rotatable bonds is 2. The molecule has 2 aromatic carbocycles. The fourth-order valence-corrected chi connectivity index (χ4v) is 3.80. The number of hydrogen-bond acceptors (Lipinski definition) is 3. The molecule has 0 aliphatic heterocycles. The second kappa shape index (κ2) is 6.27. The van der Waals surface area contributed by atoms with Crippen LogP contribution in [0.3, 0.4) is 0 Å². The Morgan fingerprint density at radius 2 is 1.46 bits per heavy atom. The van der Waals surface area contributed by atoms with Gasteiger partial charge < -0.3 is 4.42 Å². The summed E-state index contributed by atoms with van der Waals surface area (Å²) in [7, 11) is 0. The van der Waals surface area contributed by atoms with E-state index in [1.165, 1.54) is 17.2 Å². The van der Waals surface area contributed by atoms with Gasteiger partial charge in [0, 0.05) is 21.9 Å². The van der Waals surface area contributed by atoms with Crippen molar-refractivity contribution in [3.63, 3.8) is 0 Å². The number of aryl methyl sites for hydroxylation is 2. The molecule has 0 bridgehead atoms. The van der Waals surface area contributed by atoms with Crippen LogP contribution in [-0.4, -0.2) is 9.97 Å². The molecule has 3 nitrogen and oxygen atoms in total. The molecule has 0 radical (unpaired) electrons. The lowest BCUT2D eigenvalue weighted by atomic mass is 9.99. The van der Waals surface area contributed by atoms with Gasteiger partial charge in [-0.2, -0.15) is 4.39 Å². The summed E-state index contributed by atoms with van der Waals surface area (Å²) in [5, 5.41) is 1.88. The Morgan fingerprint density at radius 1 is 0.714 bits per heavy atom. The fourth-order valence-electron chi connectivity index (χ4n) is 3.80. The van der Waals surface area contributed by atoms with E-state index in [-0.39, 0.29) is 0 Å². The predicted molar refractivity (Wildman–Crippen MR) is 110 cm³/mol. The van der Waals surface area contributed by atoms with E-state index in [1.54, 1.807) is 12.1 Å². The van der Waals surface area contributed by atoms with Crippen LogP contribution in [0.1, 0.15) is 11.1 Å². The van der Waals surface area contributed by atoms with Gasteiger partial charge in [-0.3, -0.25) is 0 Å². The van der Waals surface area contributed by atoms with Gasteiger partial charge in [0.25, 0.3) is 0 Å². The number of hydrogen-bond donors (Lipinski definition) is 0. The molecule has 3 aromatic heterocycles. The van der Waals surface area contributed by atoms with Crippen LogP contribution in [0, 0.1) is 19.8 Å². The molecule has 0 unspecified atom stereocenters. The zero-order valence-corrected chi connectivity index (χ0v) is 15.5. The van der Waals surface area contributed by atoms with Crippen molar-refractivity contribution >= 4 is 22.1 Å². The first kappa shape index (κ1) is 16.6. The zero-order valence-electron chi connectivity index (χ0n) is 15.5. The van der Waals surface area contributed by atoms with Crippen LogP contribution >= 0.6 is 0 Å². The number of fused-ring (bicyclic) bond motifs is 3. The smallest absolute Gasteiger partial charge is 0.227 e. The maximum absolute atomic E-state index is 13.6. The summed E-state index contributed by atoms with van der Waals surface area (Å²) in [4.78, 5) is 8.80. The molecule has 0 spiro atoms. The standard InChI is InChI=1S/C24H17FN2O/c1-14-6-3-7-15(2)22(14)20-13-12-17-16-8-4-9-18(23(16)28-24(17)27-20)19-10-5-11-21(25)26-19/h3-13H,1-2H3. The minimum atomic E-state index is -0.513. The van der Waals surface area contributed by atoms with Crippen molar-refractivity contribution in [2.24, 2.45) is 0 Å². The molecule has 0 amide bonds. The van der Waals surface area contributed by atoms with Gasteiger partial charge in [-0.25, -0.2) is 9.97 Å². The van der Waals surface area contributed by atoms with E-state index in [4.69, 9.17) is 9.40 Å². The number of halogens is 1. The summed E-state index contributed by atoms with van der Waals surface area (Å²) in [6.45, 7) is 4.17. The van der Waals surface area contributed by atoms with Crippen molar-refractivity contribution in [1.82, 2.24) is 9.97 Å². The number of nitrogens with zero attached hydrogens (tertiary/aromatic N) is 2. The van der Waals surface area contributed by atoms with Gasteiger partial charge in [-0.1, -0.05) is 36.4 Å². The van der Waals surface area contributed by atoms with Gasteiger partial charge in [0.15, 0.2) is 0 Å². The van der Waals surface area contributed by atoms with Gasteiger partial charge in [0.05, 0.1) is 11.4 Å². The second-order valence-corrected chi connectivity index (χ2v) is 6.95. The number of para-hydroxylation sites is 1. The number of furan rings is 1. The van der Waals surface area contributed by atoms with E-state index < -0.39 is 5.95 Å². The largest absolute Gasteiger partial charge is 0.437 e. The van der Waals surface area contributed by atoms with Crippen LogP contribution in [0.4, 0.5) is 4.39 Å². The van der Waals surface area contributed by atoms with Crippen molar-refractivity contribution in [3.8, 4) is 22.5 Å². The van der Waals surface area contributed by atoms with Crippen LogP contribution in [-0.2, 0) is 0 Å². The van der Waals surface area contributed by atoms with E-state index in [0.29, 0.717) is 17.0 Å². The molecule has 0 saturated carbocycles. The normalized spacial score (nSPS) is 11.4. The third-order valence-corrected chi connectivity index (χ3v) is 5.09. The van der Waals surface area contributed by atoms with E-state index in [9.17, 15) is 4.39 Å². The Kier molecular flexibility index (Phi) is 3.72. The quantitative estimate of drug-likeness (QED) is 0.335. The van der Waals surface area contributed by atoms with Crippen LogP contribution in [0.25, 0.3) is 44.6 Å². The average molecular weight is 368 g/mol. The molecule has 0 fully saturated rings. The summed E-state index contributed by atoms with van der Waals surface area (Å²) in [6.07, 6.45) is 0. The maximum atomic E-state index is 13.6. The van der Waals surface area contributed by atoms with Gasteiger partial charge in [0.1, 0.15) is 5.58 Å². The Bertz CT molecular complexity index is 1330. The average Bonchev–Trinajstić information content (AvgIpc) is 3.06. The number of aromatic nitrogens is 2. The molecular formula is C24H17FN2O. The first-order chi connectivity index (χ1) is 13.6. The Balaban J connectivity index is 1.76. The SMILES string of the molecule is Cc1cccc(C)c1-c1ccc2c(n1)oc1c(-c3cccc(F)n3)cccc12. The monoisotopic (exact) mass is 368 g/mol. The highest BCUT2D eigenvalue weighted by Gasteiger charge is 2.16. The van der Waals surface area contributed by atoms with Crippen LogP contribution in [0.15, 0.2) is 71.1 Å². The highest BCUT2D eigenvalue weighted by Crippen LogP contribution is 2.36. The van der Waals surface area contributed by atoms with Crippen molar-refractivity contribution < 1.29 is 8.81 Å². The molecule has 5 aromatic rings. The Hall–Kier alpha value is -3.53. The Labute approximate surface area is 161 Å². The molecule has 0 saturated heterocycles. The lowest BCUT2D eigenvalue weighted by molar-refractivity contribution is 0.585. The summed E-state index contributed by atoms with van der Waals surface area (Å²) in [6, 6.07) is 20.9. The van der Waals surface area contributed by atoms with Crippen LogP contribution in [0.5, 0.6) is 0 Å². The van der Waals surface area contributed by atoms with Crippen molar-refractivity contribution in [3.05, 3.63) is 83.8 Å². The van der Waals surface area contributed by atoms with E-state index in [0.717, 1.165) is 27.6 Å². The first-order valence-electron chi connectivity index (χ1n) is 9.13. The number of pyridine rings is 2. The van der Waals surface area contributed by atoms with Gasteiger partial charge >= 0.3 is 0 Å². The second-order valence-electron chi connectivity index (χ2n) is 6.95. The summed E-state index contributed by atoms with van der Waals surface area (Å²) in [5.41, 5.74) is 6.88. The van der Waals surface area contributed by atoms with E-state index >= 15 is 0 Å². The van der Waals surface area contributed by atoms with Gasteiger partial charge in [-0.15, -0.1) is 0 Å². The lowest BCUT2D eigenvalue weighted by Gasteiger charge is -2.08. The van der Waals surface area contributed by atoms with Crippen molar-refractivity contribution in [2.75, 3.05) is 0 Å². The third-order valence-electron chi connectivity index (χ3n) is 5.09. The zero-order chi connectivity index (χ0) is 19.3. The number of benzene rings is 2. The molecule has 136 valence electrons. The van der Waals surface area contributed by atoms with Crippen LogP contribution < -0.4 is 0 Å². The minimum absolute atomic E-state index is 0.513. The van der Waals surface area contributed by atoms with Crippen molar-refractivity contribution in [1.29, 1.82) is 0 Å². The maximum Gasteiger partial charge on any atom is 0.227 e. The minimum Gasteiger partial charge on any atom is -0.437 e. The Morgan fingerprint density at radius 3 is 2.25 bits per heavy atom. The topological polar surface area (TPSA) is 38.9 Å². The summed E-state index contributed by atoms with van der Waals surface area (Å²) in [5.74, 6) is -0.513. The van der Waals surface area contributed by atoms with Gasteiger partial charge in [0.2, 0.25) is 11.7 Å². The molecule has 3 heterocycles. The molecule has 4 heteroatoms. The fraction of sp³-hybridized carbons (Fsp3) is 0.0833. The molecule has 0 atom stereocenters. The van der Waals surface area contributed by atoms with E-state index in [1.807, 2.05) is 36.4 Å². The highest BCUT2D eigenvalue weighted by atomic mass is 19.1. The molecule has 0 N–H and O–H groups in total. The first-order valence-corrected chi connectivity index (χ1v) is 9.13.